The molecule has 0 unspecified atom stereocenters. The molecule has 0 radical (unpaired) electrons. The number of imidazole rings is 1. The summed E-state index contributed by atoms with van der Waals surface area (Å²) in [4.78, 5) is 62.0. The highest BCUT2D eigenvalue weighted by Gasteiger charge is 2.62. The van der Waals surface area contributed by atoms with Crippen LogP contribution >= 0.6 is 0 Å². The molecule has 4 amide bonds. The van der Waals surface area contributed by atoms with E-state index in [0.717, 1.165) is 29.4 Å². The average molecular weight is 775 g/mol. The molecule has 55 heavy (non-hydrogen) atoms. The van der Waals surface area contributed by atoms with Crippen LogP contribution < -0.4 is 20.1 Å². The van der Waals surface area contributed by atoms with Crippen LogP contribution in [0.1, 0.15) is 84.1 Å². The highest BCUT2D eigenvalue weighted by atomic mass is 32.2. The fraction of sp³-hybridized carbons (Fsp3) is 0.525. The van der Waals surface area contributed by atoms with E-state index in [4.69, 9.17) is 14.5 Å². The Labute approximate surface area is 321 Å². The third kappa shape index (κ3) is 8.82. The lowest BCUT2D eigenvalue weighted by atomic mass is 10.0. The third-order valence-electron chi connectivity index (χ3n) is 10.6. The van der Waals surface area contributed by atoms with Crippen LogP contribution in [-0.2, 0) is 35.7 Å². The molecule has 3 aromatic rings. The number of nitrogens with one attached hydrogen (secondary N) is 3. The molecular formula is C40H50N6O8S. The molecule has 7 rings (SSSR count). The molecule has 2 aliphatic heterocycles. The predicted molar refractivity (Wildman–Crippen MR) is 204 cm³/mol. The first kappa shape index (κ1) is 38.4. The lowest BCUT2D eigenvalue weighted by Crippen LogP contribution is -2.58. The average Bonchev–Trinajstić information content (AvgIpc) is 4.03. The molecule has 14 nitrogen and oxygen atoms in total. The normalized spacial score (nSPS) is 26.8. The topological polar surface area (TPSA) is 178 Å². The van der Waals surface area contributed by atoms with Crippen molar-refractivity contribution in [3.63, 3.8) is 0 Å². The molecule has 5 atom stereocenters. The number of hydrogen-bond donors (Lipinski definition) is 3. The Hall–Kier alpha value is -4.92. The van der Waals surface area contributed by atoms with Crippen molar-refractivity contribution in [2.24, 2.45) is 5.92 Å². The number of allylic oxidation sites excluding steroid dienone is 1. The molecular weight excluding hydrogens is 725 g/mol. The van der Waals surface area contributed by atoms with Crippen LogP contribution in [-0.4, -0.2) is 87.8 Å². The molecule has 3 fully saturated rings. The Morgan fingerprint density at radius 2 is 1.75 bits per heavy atom. The van der Waals surface area contributed by atoms with Crippen LogP contribution in [0.3, 0.4) is 0 Å². The second kappa shape index (κ2) is 15.3. The number of fused-ring (bicyclic) bond motifs is 3. The fourth-order valence-electron chi connectivity index (χ4n) is 7.51. The number of aromatic nitrogens is 2. The van der Waals surface area contributed by atoms with Crippen molar-refractivity contribution in [1.82, 2.24) is 29.8 Å². The summed E-state index contributed by atoms with van der Waals surface area (Å²) < 4.78 is 42.0. The number of carbonyl (C=O) groups excluding carboxylic acids is 4. The minimum absolute atomic E-state index is 0.00342. The van der Waals surface area contributed by atoms with Gasteiger partial charge in [-0.3, -0.25) is 23.7 Å². The quantitative estimate of drug-likeness (QED) is 0.281. The van der Waals surface area contributed by atoms with Crippen LogP contribution in [0.25, 0.3) is 11.0 Å². The molecule has 294 valence electrons. The molecule has 0 spiro atoms. The number of sulfonamides is 1. The monoisotopic (exact) mass is 774 g/mol. The first-order chi connectivity index (χ1) is 26.2. The van der Waals surface area contributed by atoms with Crippen molar-refractivity contribution in [2.75, 3.05) is 6.54 Å². The van der Waals surface area contributed by atoms with Crippen LogP contribution in [0.4, 0.5) is 4.79 Å². The Morgan fingerprint density at radius 1 is 1.00 bits per heavy atom. The maximum Gasteiger partial charge on any atom is 0.408 e. The fourth-order valence-corrected chi connectivity index (χ4v) is 8.87. The lowest BCUT2D eigenvalue weighted by Gasteiger charge is -2.30. The van der Waals surface area contributed by atoms with Crippen molar-refractivity contribution in [2.45, 2.75) is 120 Å². The summed E-state index contributed by atoms with van der Waals surface area (Å²) in [6.07, 6.45) is 6.82. The summed E-state index contributed by atoms with van der Waals surface area (Å²) in [5, 5.41) is 5.04. The van der Waals surface area contributed by atoms with E-state index in [9.17, 15) is 27.6 Å². The van der Waals surface area contributed by atoms with Crippen molar-refractivity contribution >= 4 is 44.9 Å². The van der Waals surface area contributed by atoms with Crippen molar-refractivity contribution in [3.05, 3.63) is 72.3 Å². The second-order valence-electron chi connectivity index (χ2n) is 16.1. The van der Waals surface area contributed by atoms with E-state index < -0.39 is 74.3 Å². The Kier molecular flexibility index (Phi) is 10.7. The van der Waals surface area contributed by atoms with Gasteiger partial charge in [0.05, 0.1) is 29.4 Å². The van der Waals surface area contributed by atoms with E-state index >= 15 is 0 Å². The minimum Gasteiger partial charge on any atom is -0.459 e. The number of hydrogen-bond acceptors (Lipinski definition) is 9. The summed E-state index contributed by atoms with van der Waals surface area (Å²) in [6, 6.07) is 15.7. The van der Waals surface area contributed by atoms with Crippen LogP contribution in [0.5, 0.6) is 6.01 Å². The van der Waals surface area contributed by atoms with E-state index in [1.54, 1.807) is 20.8 Å². The van der Waals surface area contributed by atoms with Crippen molar-refractivity contribution in [1.29, 1.82) is 0 Å². The second-order valence-corrected chi connectivity index (χ2v) is 18.1. The van der Waals surface area contributed by atoms with Gasteiger partial charge in [0.15, 0.2) is 0 Å². The van der Waals surface area contributed by atoms with Gasteiger partial charge in [-0.2, -0.15) is 4.98 Å². The van der Waals surface area contributed by atoms with Crippen LogP contribution in [0.2, 0.25) is 0 Å². The standard InChI is InChI=1S/C40H50N6O8S/c1-39(2,3)54-38(50)42-31-18-11-6-4-5-10-16-27-23-40(27,36(49)44-55(51,52)29-20-21-29)43-34(47)33-22-28(25-45(33)35(31)48)53-37-41-30-17-12-13-19-32(30)46(37)24-26-14-8-7-9-15-26/h7-10,12-17,19,27-29,31,33H,4-6,11,18,20-25H2,1-3H3,(H,42,50)(H,43,47)(H,44,49)/b16-10-/t27-,28+,31-,33-,40+/m0/s1. The number of amides is 4. The molecule has 1 saturated heterocycles. The molecule has 2 aromatic carbocycles. The first-order valence-corrected chi connectivity index (χ1v) is 20.8. The van der Waals surface area contributed by atoms with Gasteiger partial charge in [-0.05, 0) is 77.0 Å². The van der Waals surface area contributed by atoms with Gasteiger partial charge in [0.1, 0.15) is 29.3 Å². The number of benzene rings is 2. The number of alkyl carbamates (subject to hydrolysis) is 1. The Bertz CT molecular complexity index is 2070. The van der Waals surface area contributed by atoms with Gasteiger partial charge in [-0.1, -0.05) is 67.5 Å². The number of rotatable bonds is 8. The zero-order valence-electron chi connectivity index (χ0n) is 31.5. The van der Waals surface area contributed by atoms with Gasteiger partial charge >= 0.3 is 6.09 Å². The summed E-state index contributed by atoms with van der Waals surface area (Å²) in [6.45, 7) is 5.67. The largest absolute Gasteiger partial charge is 0.459 e. The van der Waals surface area contributed by atoms with Crippen LogP contribution in [0.15, 0.2) is 66.7 Å². The van der Waals surface area contributed by atoms with E-state index in [1.807, 2.05) is 71.3 Å². The minimum atomic E-state index is -3.89. The van der Waals surface area contributed by atoms with Gasteiger partial charge in [0.2, 0.25) is 21.8 Å². The molecule has 3 heterocycles. The summed E-state index contributed by atoms with van der Waals surface area (Å²) in [7, 11) is -3.89. The first-order valence-electron chi connectivity index (χ1n) is 19.2. The highest BCUT2D eigenvalue weighted by Crippen LogP contribution is 2.46. The number of nitrogens with zero attached hydrogens (tertiary/aromatic N) is 3. The molecule has 3 N–H and O–H groups in total. The number of ether oxygens (including phenoxy) is 2. The van der Waals surface area contributed by atoms with Gasteiger partial charge in [-0.25, -0.2) is 13.2 Å². The molecule has 15 heteroatoms. The molecule has 2 saturated carbocycles. The Balaban J connectivity index is 1.20. The van der Waals surface area contributed by atoms with Gasteiger partial charge < -0.3 is 25.0 Å². The molecule has 2 aliphatic carbocycles. The third-order valence-corrected chi connectivity index (χ3v) is 12.4. The van der Waals surface area contributed by atoms with Crippen molar-refractivity contribution in [3.8, 4) is 6.01 Å². The van der Waals surface area contributed by atoms with Gasteiger partial charge in [-0.15, -0.1) is 0 Å². The predicted octanol–water partition coefficient (Wildman–Crippen LogP) is 4.33. The van der Waals surface area contributed by atoms with E-state index in [0.29, 0.717) is 44.7 Å². The van der Waals surface area contributed by atoms with E-state index in [1.165, 1.54) is 4.90 Å². The van der Waals surface area contributed by atoms with Gasteiger partial charge in [0, 0.05) is 12.3 Å². The molecule has 4 aliphatic rings. The Morgan fingerprint density at radius 3 is 2.49 bits per heavy atom. The number of para-hydroxylation sites is 2. The van der Waals surface area contributed by atoms with Gasteiger partial charge in [0.25, 0.3) is 11.9 Å². The maximum atomic E-state index is 14.6. The van der Waals surface area contributed by atoms with E-state index in [2.05, 4.69) is 15.4 Å². The summed E-state index contributed by atoms with van der Waals surface area (Å²) >= 11 is 0. The summed E-state index contributed by atoms with van der Waals surface area (Å²) in [5.74, 6) is -2.30. The van der Waals surface area contributed by atoms with Crippen LogP contribution in [0, 0.1) is 5.92 Å². The number of carbonyl (C=O) groups is 4. The van der Waals surface area contributed by atoms with E-state index in [-0.39, 0.29) is 19.4 Å². The molecule has 1 aromatic heterocycles. The zero-order chi connectivity index (χ0) is 39.0. The summed E-state index contributed by atoms with van der Waals surface area (Å²) in [5.41, 5.74) is 0.300. The smallest absolute Gasteiger partial charge is 0.408 e. The lowest BCUT2D eigenvalue weighted by molar-refractivity contribution is -0.141. The SMILES string of the molecule is CC(C)(C)OC(=O)N[C@H]1CCCCC/C=C\[C@H]2C[C@@]2(C(=O)NS(=O)(=O)C2CC2)NC(=O)[C@@H]2C[C@@H](Oc3nc4ccccc4n3Cc3ccccc3)CN2C1=O. The molecule has 0 bridgehead atoms. The van der Waals surface area contributed by atoms with Crippen molar-refractivity contribution < 1.29 is 37.1 Å². The highest BCUT2D eigenvalue weighted by molar-refractivity contribution is 7.91. The maximum absolute atomic E-state index is 14.6. The zero-order valence-corrected chi connectivity index (χ0v) is 32.3.